The third kappa shape index (κ3) is 5.07. The Kier molecular flexibility index (Phi) is 6.97. The van der Waals surface area contributed by atoms with E-state index in [-0.39, 0.29) is 0 Å². The smallest absolute Gasteiger partial charge is 0.216 e. The van der Waals surface area contributed by atoms with Crippen LogP contribution in [0.25, 0.3) is 0 Å². The molecular weight excluding hydrogens is 372 g/mol. The first-order chi connectivity index (χ1) is 13.7. The Labute approximate surface area is 169 Å². The molecule has 7 heteroatoms. The van der Waals surface area contributed by atoms with E-state index < -0.39 is 0 Å². The van der Waals surface area contributed by atoms with Crippen molar-refractivity contribution in [3.63, 3.8) is 0 Å². The molecule has 0 aliphatic rings. The summed E-state index contributed by atoms with van der Waals surface area (Å²) in [5, 5.41) is 11.5. The van der Waals surface area contributed by atoms with Crippen molar-refractivity contribution < 1.29 is 9.47 Å². The number of ether oxygens (including phenoxy) is 2. The average molecular weight is 397 g/mol. The Morgan fingerprint density at radius 3 is 2.68 bits per heavy atom. The molecule has 1 aromatic heterocycles. The van der Waals surface area contributed by atoms with Crippen LogP contribution < -0.4 is 9.47 Å². The number of aromatic amines is 1. The van der Waals surface area contributed by atoms with E-state index in [0.717, 1.165) is 29.8 Å². The zero-order valence-electron chi connectivity index (χ0n) is 16.1. The first-order valence-corrected chi connectivity index (χ1v) is 9.76. The summed E-state index contributed by atoms with van der Waals surface area (Å²) in [6.45, 7) is 5.08. The second kappa shape index (κ2) is 9.85. The largest absolute Gasteiger partial charge is 0.490 e. The van der Waals surface area contributed by atoms with Crippen molar-refractivity contribution in [3.8, 4) is 11.5 Å². The third-order valence-corrected chi connectivity index (χ3v) is 4.28. The highest BCUT2D eigenvalue weighted by Gasteiger charge is 2.07. The lowest BCUT2D eigenvalue weighted by Gasteiger charge is -2.12. The van der Waals surface area contributed by atoms with Crippen molar-refractivity contribution in [2.75, 3.05) is 6.61 Å². The molecule has 0 atom stereocenters. The lowest BCUT2D eigenvalue weighted by molar-refractivity contribution is 0.269. The monoisotopic (exact) mass is 396 g/mol. The number of aromatic nitrogens is 3. The van der Waals surface area contributed by atoms with Gasteiger partial charge in [0.25, 0.3) is 0 Å². The van der Waals surface area contributed by atoms with Crippen LogP contribution in [0.15, 0.2) is 53.6 Å². The molecule has 1 N–H and O–H groups in total. The van der Waals surface area contributed by atoms with Gasteiger partial charge in [-0.25, -0.2) is 0 Å². The minimum Gasteiger partial charge on any atom is -0.490 e. The highest BCUT2D eigenvalue weighted by atomic mass is 32.1. The van der Waals surface area contributed by atoms with Crippen LogP contribution in [-0.4, -0.2) is 27.7 Å². The van der Waals surface area contributed by atoms with Crippen molar-refractivity contribution in [2.24, 2.45) is 5.10 Å². The number of hydrogen-bond donors (Lipinski definition) is 1. The first kappa shape index (κ1) is 19.8. The predicted molar refractivity (Wildman–Crippen MR) is 113 cm³/mol. The standard InChI is InChI=1S/C21H24N4O2S/c1-3-8-20-23-24-21(28)25(20)22-14-17-11-12-18(19(13-17)26-4-2)27-15-16-9-6-5-7-10-16/h5-7,9-14H,3-4,8,15H2,1-2H3,(H,24,28)/b22-14-. The summed E-state index contributed by atoms with van der Waals surface area (Å²) in [4.78, 5) is 0. The van der Waals surface area contributed by atoms with Crippen LogP contribution in [0, 0.1) is 4.77 Å². The Morgan fingerprint density at radius 1 is 1.11 bits per heavy atom. The van der Waals surface area contributed by atoms with Gasteiger partial charge in [0.15, 0.2) is 17.3 Å². The summed E-state index contributed by atoms with van der Waals surface area (Å²) in [7, 11) is 0. The topological polar surface area (TPSA) is 64.4 Å². The number of aryl methyl sites for hydroxylation is 1. The molecule has 0 amide bonds. The van der Waals surface area contributed by atoms with Gasteiger partial charge in [-0.15, -0.1) is 0 Å². The minimum absolute atomic E-state index is 0.479. The molecule has 1 heterocycles. The summed E-state index contributed by atoms with van der Waals surface area (Å²) in [6, 6.07) is 15.8. The van der Waals surface area contributed by atoms with Crippen molar-refractivity contribution in [3.05, 3.63) is 70.3 Å². The Morgan fingerprint density at radius 2 is 1.93 bits per heavy atom. The molecule has 0 unspecified atom stereocenters. The van der Waals surface area contributed by atoms with Crippen molar-refractivity contribution in [1.29, 1.82) is 0 Å². The van der Waals surface area contributed by atoms with Crippen molar-refractivity contribution in [2.45, 2.75) is 33.3 Å². The highest BCUT2D eigenvalue weighted by molar-refractivity contribution is 7.71. The second-order valence-corrected chi connectivity index (χ2v) is 6.55. The van der Waals surface area contributed by atoms with Crippen LogP contribution in [-0.2, 0) is 13.0 Å². The fraction of sp³-hybridized carbons (Fsp3) is 0.286. The van der Waals surface area contributed by atoms with E-state index in [0.29, 0.717) is 29.5 Å². The molecule has 3 rings (SSSR count). The molecule has 0 aliphatic heterocycles. The van der Waals surface area contributed by atoms with E-state index in [9.17, 15) is 0 Å². The van der Waals surface area contributed by atoms with E-state index in [1.807, 2.05) is 55.5 Å². The Balaban J connectivity index is 1.78. The summed E-state index contributed by atoms with van der Waals surface area (Å²) in [5.74, 6) is 2.21. The third-order valence-electron chi connectivity index (χ3n) is 4.02. The van der Waals surface area contributed by atoms with E-state index in [4.69, 9.17) is 21.7 Å². The molecule has 0 spiro atoms. The van der Waals surface area contributed by atoms with Gasteiger partial charge >= 0.3 is 0 Å². The number of rotatable bonds is 9. The van der Waals surface area contributed by atoms with E-state index >= 15 is 0 Å². The fourth-order valence-electron chi connectivity index (χ4n) is 2.68. The molecule has 3 aromatic rings. The number of nitrogens with zero attached hydrogens (tertiary/aromatic N) is 3. The van der Waals surface area contributed by atoms with Crippen LogP contribution >= 0.6 is 12.2 Å². The lowest BCUT2D eigenvalue weighted by Crippen LogP contribution is -2.01. The van der Waals surface area contributed by atoms with Gasteiger partial charge in [0.2, 0.25) is 4.77 Å². The summed E-state index contributed by atoms with van der Waals surface area (Å²) < 4.78 is 13.8. The average Bonchev–Trinajstić information content (AvgIpc) is 3.06. The van der Waals surface area contributed by atoms with Gasteiger partial charge in [0.05, 0.1) is 12.8 Å². The zero-order valence-corrected chi connectivity index (χ0v) is 16.9. The summed E-state index contributed by atoms with van der Waals surface area (Å²) in [6.07, 6.45) is 3.52. The van der Waals surface area contributed by atoms with E-state index in [2.05, 4.69) is 22.2 Å². The van der Waals surface area contributed by atoms with Crippen molar-refractivity contribution >= 4 is 18.4 Å². The quantitative estimate of drug-likeness (QED) is 0.419. The Bertz CT molecular complexity index is 980. The summed E-state index contributed by atoms with van der Waals surface area (Å²) >= 11 is 5.26. The normalized spacial score (nSPS) is 11.1. The Hall–Kier alpha value is -2.93. The lowest BCUT2D eigenvalue weighted by atomic mass is 10.2. The molecule has 0 radical (unpaired) electrons. The maximum Gasteiger partial charge on any atom is 0.216 e. The zero-order chi connectivity index (χ0) is 19.8. The molecular formula is C21H24N4O2S. The van der Waals surface area contributed by atoms with Crippen molar-refractivity contribution in [1.82, 2.24) is 14.9 Å². The van der Waals surface area contributed by atoms with Gasteiger partial charge in [0, 0.05) is 6.42 Å². The van der Waals surface area contributed by atoms with Gasteiger partial charge < -0.3 is 9.47 Å². The number of benzene rings is 2. The molecule has 0 saturated heterocycles. The molecule has 146 valence electrons. The van der Waals surface area contributed by atoms with Crippen LogP contribution in [0.4, 0.5) is 0 Å². The van der Waals surface area contributed by atoms with Crippen LogP contribution in [0.1, 0.15) is 37.2 Å². The molecule has 0 bridgehead atoms. The molecule has 0 aliphatic carbocycles. The van der Waals surface area contributed by atoms with Gasteiger partial charge in [0.1, 0.15) is 6.61 Å². The number of H-pyrrole nitrogens is 1. The molecule has 6 nitrogen and oxygen atoms in total. The molecule has 28 heavy (non-hydrogen) atoms. The molecule has 2 aromatic carbocycles. The van der Waals surface area contributed by atoms with Crippen LogP contribution in [0.3, 0.4) is 0 Å². The predicted octanol–water partition coefficient (Wildman–Crippen LogP) is 4.75. The first-order valence-electron chi connectivity index (χ1n) is 9.35. The number of nitrogens with one attached hydrogen (secondary N) is 1. The maximum atomic E-state index is 5.94. The van der Waals surface area contributed by atoms with E-state index in [1.165, 1.54) is 0 Å². The fourth-order valence-corrected chi connectivity index (χ4v) is 2.88. The molecule has 0 fully saturated rings. The van der Waals surface area contributed by atoms with Crippen LogP contribution in [0.2, 0.25) is 0 Å². The minimum atomic E-state index is 0.479. The SMILES string of the molecule is CCCc1n[nH]c(=S)n1/N=C\c1ccc(OCc2ccccc2)c(OCC)c1. The van der Waals surface area contributed by atoms with Gasteiger partial charge in [-0.1, -0.05) is 37.3 Å². The molecule has 0 saturated carbocycles. The highest BCUT2D eigenvalue weighted by Crippen LogP contribution is 2.29. The van der Waals surface area contributed by atoms with Gasteiger partial charge in [-0.3, -0.25) is 5.10 Å². The maximum absolute atomic E-state index is 5.94. The summed E-state index contributed by atoms with van der Waals surface area (Å²) in [5.41, 5.74) is 1.99. The second-order valence-electron chi connectivity index (χ2n) is 6.16. The van der Waals surface area contributed by atoms with Gasteiger partial charge in [-0.2, -0.15) is 14.9 Å². The van der Waals surface area contributed by atoms with E-state index in [1.54, 1.807) is 10.9 Å². The number of hydrogen-bond acceptors (Lipinski definition) is 5. The van der Waals surface area contributed by atoms with Gasteiger partial charge in [-0.05, 0) is 54.9 Å². The van der Waals surface area contributed by atoms with Crippen LogP contribution in [0.5, 0.6) is 11.5 Å².